The van der Waals surface area contributed by atoms with Crippen LogP contribution in [0.25, 0.3) is 0 Å². The van der Waals surface area contributed by atoms with Gasteiger partial charge in [-0.2, -0.15) is 0 Å². The number of thioether (sulfide) groups is 3. The van der Waals surface area contributed by atoms with Crippen LogP contribution in [0.5, 0.6) is 17.2 Å². The predicted octanol–water partition coefficient (Wildman–Crippen LogP) is 4.28. The monoisotopic (exact) mass is 602 g/mol. The molecule has 0 radical (unpaired) electrons. The fourth-order valence-electron chi connectivity index (χ4n) is 2.52. The fraction of sp³-hybridized carbons (Fsp3) is 0.480. The van der Waals surface area contributed by atoms with Gasteiger partial charge < -0.3 is 19.3 Å². The van der Waals surface area contributed by atoms with Gasteiger partial charge in [0, 0.05) is 36.5 Å². The van der Waals surface area contributed by atoms with Crippen molar-refractivity contribution in [1.82, 2.24) is 0 Å². The third-order valence-corrected chi connectivity index (χ3v) is 7.56. The van der Waals surface area contributed by atoms with Crippen LogP contribution >= 0.6 is 35.3 Å². The normalized spacial score (nSPS) is 10.4. The van der Waals surface area contributed by atoms with Crippen molar-refractivity contribution in [2.75, 3.05) is 17.3 Å². The van der Waals surface area contributed by atoms with Gasteiger partial charge in [0.05, 0.1) is 24.8 Å². The molecule has 0 spiro atoms. The van der Waals surface area contributed by atoms with Crippen molar-refractivity contribution in [3.05, 3.63) is 17.7 Å². The summed E-state index contributed by atoms with van der Waals surface area (Å²) in [7, 11) is 0. The minimum absolute atomic E-state index is 0.105. The zero-order chi connectivity index (χ0) is 29.4. The topological polar surface area (TPSA) is 167 Å². The van der Waals surface area contributed by atoms with E-state index in [0.29, 0.717) is 0 Å². The molecule has 1 aromatic rings. The van der Waals surface area contributed by atoms with Crippen LogP contribution in [0.4, 0.5) is 0 Å². The molecule has 214 valence electrons. The molecule has 0 aromatic heterocycles. The maximum atomic E-state index is 12.5. The lowest BCUT2D eigenvalue weighted by Gasteiger charge is -2.16. The van der Waals surface area contributed by atoms with Crippen LogP contribution in [0.1, 0.15) is 69.7 Å². The van der Waals surface area contributed by atoms with E-state index in [-0.39, 0.29) is 71.1 Å². The van der Waals surface area contributed by atoms with Crippen molar-refractivity contribution >= 4 is 74.5 Å². The van der Waals surface area contributed by atoms with Gasteiger partial charge in [-0.25, -0.2) is 4.79 Å². The van der Waals surface area contributed by atoms with E-state index >= 15 is 0 Å². The van der Waals surface area contributed by atoms with Crippen LogP contribution in [0, 0.1) is 0 Å². The molecule has 0 aliphatic carbocycles. The van der Waals surface area contributed by atoms with Crippen LogP contribution in [-0.2, 0) is 28.8 Å². The Morgan fingerprint density at radius 1 is 0.615 bits per heavy atom. The number of hydrogen-bond donors (Lipinski definition) is 1. The van der Waals surface area contributed by atoms with Crippen molar-refractivity contribution < 1.29 is 52.9 Å². The maximum absolute atomic E-state index is 12.5. The number of carboxylic acid groups (broad SMARTS) is 1. The predicted molar refractivity (Wildman–Crippen MR) is 147 cm³/mol. The molecule has 11 nitrogen and oxygen atoms in total. The molecule has 0 aliphatic rings. The van der Waals surface area contributed by atoms with E-state index in [0.717, 1.165) is 47.4 Å². The van der Waals surface area contributed by atoms with E-state index in [2.05, 4.69) is 0 Å². The van der Waals surface area contributed by atoms with E-state index in [1.165, 1.54) is 0 Å². The average molecular weight is 603 g/mol. The van der Waals surface area contributed by atoms with Crippen molar-refractivity contribution in [2.24, 2.45) is 0 Å². The van der Waals surface area contributed by atoms with Gasteiger partial charge in [-0.1, -0.05) is 56.1 Å². The van der Waals surface area contributed by atoms with Crippen molar-refractivity contribution in [3.63, 3.8) is 0 Å². The largest absolute Gasteiger partial charge is 0.478 e. The number of carbonyl (C=O) groups excluding carboxylic acids is 6. The first-order valence-corrected chi connectivity index (χ1v) is 15.0. The number of esters is 3. The second-order valence-electron chi connectivity index (χ2n) is 7.50. The van der Waals surface area contributed by atoms with Crippen LogP contribution in [0.15, 0.2) is 12.1 Å². The number of benzene rings is 1. The van der Waals surface area contributed by atoms with Crippen LogP contribution in [0.3, 0.4) is 0 Å². The summed E-state index contributed by atoms with van der Waals surface area (Å²) in [6, 6.07) is 1.88. The summed E-state index contributed by atoms with van der Waals surface area (Å²) < 4.78 is 15.8. The van der Waals surface area contributed by atoms with Crippen molar-refractivity contribution in [1.29, 1.82) is 0 Å². The van der Waals surface area contributed by atoms with Crippen LogP contribution in [0.2, 0.25) is 0 Å². The third kappa shape index (κ3) is 13.7. The second kappa shape index (κ2) is 18.4. The van der Waals surface area contributed by atoms with Gasteiger partial charge >= 0.3 is 23.9 Å². The number of hydrogen-bond acceptors (Lipinski definition) is 13. The Balaban J connectivity index is 3.23. The van der Waals surface area contributed by atoms with E-state index in [9.17, 15) is 38.7 Å². The van der Waals surface area contributed by atoms with Gasteiger partial charge in [0.1, 0.15) is 0 Å². The number of ether oxygens (including phenoxy) is 3. The molecule has 0 bridgehead atoms. The number of carbonyl (C=O) groups is 7. The maximum Gasteiger partial charge on any atom is 0.335 e. The summed E-state index contributed by atoms with van der Waals surface area (Å²) in [4.78, 5) is 83.5. The molecule has 1 aromatic carbocycles. The lowest BCUT2D eigenvalue weighted by atomic mass is 10.2. The molecular weight excluding hydrogens is 572 g/mol. The highest BCUT2D eigenvalue weighted by molar-refractivity contribution is 8.14. The molecule has 0 aliphatic heterocycles. The van der Waals surface area contributed by atoms with Gasteiger partial charge in [0.25, 0.3) is 0 Å². The van der Waals surface area contributed by atoms with Gasteiger partial charge in [-0.3, -0.25) is 28.8 Å². The molecule has 1 N–H and O–H groups in total. The lowest BCUT2D eigenvalue weighted by Crippen LogP contribution is -2.17. The summed E-state index contributed by atoms with van der Waals surface area (Å²) >= 11 is 2.79. The Morgan fingerprint density at radius 3 is 1.26 bits per heavy atom. The molecular formula is C25H30O11S3. The first-order chi connectivity index (χ1) is 18.5. The summed E-state index contributed by atoms with van der Waals surface area (Å²) in [5, 5.41) is 9.14. The number of carboxylic acids is 1. The molecule has 0 atom stereocenters. The second-order valence-corrected chi connectivity index (χ2v) is 11.0. The van der Waals surface area contributed by atoms with E-state index in [1.807, 2.05) is 0 Å². The third-order valence-electron chi connectivity index (χ3n) is 4.50. The highest BCUT2D eigenvalue weighted by atomic mass is 32.2. The van der Waals surface area contributed by atoms with E-state index < -0.39 is 46.7 Å². The Morgan fingerprint density at radius 2 is 0.949 bits per heavy atom. The summed E-state index contributed by atoms with van der Waals surface area (Å²) in [6.07, 6.45) is 0.193. The van der Waals surface area contributed by atoms with Crippen molar-refractivity contribution in [2.45, 2.75) is 59.3 Å². The summed E-state index contributed by atoms with van der Waals surface area (Å²) in [6.45, 7) is 5.02. The zero-order valence-electron chi connectivity index (χ0n) is 21.8. The molecule has 39 heavy (non-hydrogen) atoms. The lowest BCUT2D eigenvalue weighted by molar-refractivity contribution is -0.137. The molecule has 1 rings (SSSR count). The Hall–Kier alpha value is -2.84. The van der Waals surface area contributed by atoms with E-state index in [1.54, 1.807) is 20.8 Å². The smallest absolute Gasteiger partial charge is 0.335 e. The number of aromatic carboxylic acids is 1. The zero-order valence-corrected chi connectivity index (χ0v) is 24.2. The first-order valence-electron chi connectivity index (χ1n) is 12.0. The van der Waals surface area contributed by atoms with E-state index in [4.69, 9.17) is 14.2 Å². The van der Waals surface area contributed by atoms with Crippen LogP contribution < -0.4 is 14.2 Å². The molecule has 0 amide bonds. The minimum Gasteiger partial charge on any atom is -0.478 e. The molecule has 0 saturated carbocycles. The van der Waals surface area contributed by atoms with Gasteiger partial charge in [-0.15, -0.1) is 0 Å². The first kappa shape index (κ1) is 34.2. The van der Waals surface area contributed by atoms with Gasteiger partial charge in [0.2, 0.25) is 5.75 Å². The Kier molecular flexibility index (Phi) is 16.2. The Labute approximate surface area is 238 Å². The highest BCUT2D eigenvalue weighted by Crippen LogP contribution is 2.40. The quantitative estimate of drug-likeness (QED) is 0.210. The summed E-state index contributed by atoms with van der Waals surface area (Å²) in [5.74, 6) is -5.10. The van der Waals surface area contributed by atoms with Gasteiger partial charge in [-0.05, 0) is 12.1 Å². The number of rotatable bonds is 16. The highest BCUT2D eigenvalue weighted by Gasteiger charge is 2.25. The minimum atomic E-state index is -1.44. The molecule has 14 heteroatoms. The molecule has 0 saturated heterocycles. The van der Waals surface area contributed by atoms with Crippen LogP contribution in [-0.4, -0.2) is 61.6 Å². The fourth-order valence-corrected chi connectivity index (χ4v) is 4.62. The van der Waals surface area contributed by atoms with Gasteiger partial charge in [0.15, 0.2) is 26.8 Å². The standard InChI is InChI=1S/C25H30O11S3/c1-4-21(29)37-10-7-18(26)34-16-13-15(25(32)33)14-17(35-19(27)8-11-38-22(30)5-2)24(16)36-20(28)9-12-39-23(31)6-3/h13-14H,4-12H2,1-3H3,(H,32,33). The average Bonchev–Trinajstić information content (AvgIpc) is 2.89. The summed E-state index contributed by atoms with van der Waals surface area (Å²) in [5.41, 5.74) is -0.421. The molecule has 0 fully saturated rings. The Bertz CT molecular complexity index is 1030. The molecule has 0 unspecified atom stereocenters. The van der Waals surface area contributed by atoms with Crippen molar-refractivity contribution in [3.8, 4) is 17.2 Å². The SMILES string of the molecule is CCC(=O)SCCC(=O)Oc1cc(C(=O)O)cc(OC(=O)CCSC(=O)CC)c1OC(=O)CCSC(=O)CC. The molecule has 0 heterocycles.